The number of rotatable bonds is 5. The van der Waals surface area contributed by atoms with Crippen molar-refractivity contribution in [3.05, 3.63) is 188 Å². The van der Waals surface area contributed by atoms with Gasteiger partial charge in [0, 0.05) is 27.8 Å². The molecule has 0 amide bonds. The van der Waals surface area contributed by atoms with Gasteiger partial charge in [0.2, 0.25) is 0 Å². The van der Waals surface area contributed by atoms with Crippen LogP contribution in [0.1, 0.15) is 12.3 Å². The fourth-order valence-corrected chi connectivity index (χ4v) is 6.91. The van der Waals surface area contributed by atoms with Crippen LogP contribution in [0.4, 0.5) is 17.1 Å². The minimum Gasteiger partial charge on any atom is -0.456 e. The average molecular weight is 647 g/mol. The number of para-hydroxylation sites is 1. The van der Waals surface area contributed by atoms with Crippen LogP contribution in [-0.2, 0) is 0 Å². The lowest BCUT2D eigenvalue weighted by Gasteiger charge is -2.27. The van der Waals surface area contributed by atoms with Crippen LogP contribution in [0.15, 0.2) is 192 Å². The Morgan fingerprint density at radius 3 is 2.06 bits per heavy atom. The molecule has 0 fully saturated rings. The van der Waals surface area contributed by atoms with E-state index in [0.717, 1.165) is 55.0 Å². The number of hydrogen-bond donors (Lipinski definition) is 0. The summed E-state index contributed by atoms with van der Waals surface area (Å²) in [4.78, 5) is 1.72. The quantitative estimate of drug-likeness (QED) is 0.173. The molecule has 0 aliphatic carbocycles. The molecule has 0 spiro atoms. The zero-order valence-corrected chi connectivity index (χ0v) is 26.6. The molecule has 0 atom stereocenters. The summed E-state index contributed by atoms with van der Waals surface area (Å²) < 4.78 is 86.8. The fraction of sp³-hybridized carbons (Fsp3) is 0. The van der Waals surface area contributed by atoms with Gasteiger partial charge in [-0.2, -0.15) is 0 Å². The molecule has 0 aliphatic heterocycles. The molecule has 234 valence electrons. The molecule has 1 aromatic heterocycles. The first kappa shape index (κ1) is 20.7. The van der Waals surface area contributed by atoms with Crippen molar-refractivity contribution in [2.45, 2.75) is 0 Å². The molecule has 2 nitrogen and oxygen atoms in total. The maximum atomic E-state index is 9.72. The minimum atomic E-state index is -0.562. The fourth-order valence-electron chi connectivity index (χ4n) is 6.91. The number of furan rings is 1. The second-order valence-electron chi connectivity index (χ2n) is 12.2. The third-order valence-corrected chi connectivity index (χ3v) is 9.31. The van der Waals surface area contributed by atoms with Crippen LogP contribution in [0, 0.1) is 0 Å². The van der Waals surface area contributed by atoms with E-state index in [2.05, 4.69) is 30.3 Å². The standard InChI is InChI=1S/C48H31NO/c1-3-14-41-32(9-1)11-8-17-43(41)34-21-24-38(25-22-34)49(40-26-27-44-37(30-40)20-19-33-10-2-4-15-42(33)44)39-13-7-12-35(29-39)36-23-28-48-46(31-36)45-16-5-6-18-47(45)50-48/h1-31H/i2D,4D,10D,15D,19D,20D,26D,27D,30D. The van der Waals surface area contributed by atoms with Crippen LogP contribution in [0.5, 0.6) is 0 Å². The maximum absolute atomic E-state index is 9.72. The molecule has 10 aromatic rings. The van der Waals surface area contributed by atoms with Crippen LogP contribution in [0.2, 0.25) is 0 Å². The maximum Gasteiger partial charge on any atom is 0.135 e. The molecule has 0 unspecified atom stereocenters. The molecule has 1 heterocycles. The van der Waals surface area contributed by atoms with Crippen molar-refractivity contribution in [3.8, 4) is 22.3 Å². The van der Waals surface area contributed by atoms with Crippen molar-refractivity contribution in [1.82, 2.24) is 0 Å². The van der Waals surface area contributed by atoms with Gasteiger partial charge in [0.05, 0.1) is 12.3 Å². The number of fused-ring (bicyclic) bond motifs is 7. The van der Waals surface area contributed by atoms with Gasteiger partial charge >= 0.3 is 0 Å². The van der Waals surface area contributed by atoms with E-state index in [4.69, 9.17) is 12.6 Å². The van der Waals surface area contributed by atoms with Crippen molar-refractivity contribution in [1.29, 1.82) is 0 Å². The highest BCUT2D eigenvalue weighted by molar-refractivity contribution is 6.09. The zero-order chi connectivity index (χ0) is 40.9. The Bertz CT molecular complexity index is 3390. The average Bonchev–Trinajstić information content (AvgIpc) is 3.64. The van der Waals surface area contributed by atoms with E-state index in [0.29, 0.717) is 11.4 Å². The van der Waals surface area contributed by atoms with Gasteiger partial charge < -0.3 is 9.32 Å². The molecule has 0 aliphatic rings. The molecule has 50 heavy (non-hydrogen) atoms. The zero-order valence-electron chi connectivity index (χ0n) is 35.6. The van der Waals surface area contributed by atoms with Crippen LogP contribution >= 0.6 is 0 Å². The van der Waals surface area contributed by atoms with Gasteiger partial charge in [0.25, 0.3) is 0 Å². The molecule has 9 aromatic carbocycles. The van der Waals surface area contributed by atoms with Crippen LogP contribution in [0.25, 0.3) is 76.5 Å². The van der Waals surface area contributed by atoms with Crippen LogP contribution < -0.4 is 4.90 Å². The lowest BCUT2D eigenvalue weighted by atomic mass is 9.97. The van der Waals surface area contributed by atoms with Gasteiger partial charge in [-0.3, -0.25) is 0 Å². The second-order valence-corrected chi connectivity index (χ2v) is 12.2. The highest BCUT2D eigenvalue weighted by Crippen LogP contribution is 2.41. The molecule has 0 N–H and O–H groups in total. The molecule has 0 bridgehead atoms. The van der Waals surface area contributed by atoms with Crippen molar-refractivity contribution in [2.24, 2.45) is 0 Å². The van der Waals surface area contributed by atoms with Gasteiger partial charge in [-0.15, -0.1) is 0 Å². The topological polar surface area (TPSA) is 16.4 Å². The molecule has 0 saturated carbocycles. The summed E-state index contributed by atoms with van der Waals surface area (Å²) in [5, 5.41) is 3.49. The Kier molecular flexibility index (Phi) is 4.76. The van der Waals surface area contributed by atoms with Crippen molar-refractivity contribution in [2.75, 3.05) is 4.90 Å². The molecular formula is C48H31NO. The third-order valence-electron chi connectivity index (χ3n) is 9.31. The Hall–Kier alpha value is -6.64. The first-order valence-electron chi connectivity index (χ1n) is 20.9. The SMILES string of the molecule is [2H]c1c([2H])c([2H])c2c(c1[2H])c([2H])c([2H])c1c([2H])c(N(c3ccc(-c4cccc5ccccc45)cc3)c3cccc(-c4ccc5oc6ccccc6c5c4)c3)c([2H])c([2H])c12. The van der Waals surface area contributed by atoms with Gasteiger partial charge in [-0.1, -0.05) is 133 Å². The Balaban J connectivity index is 1.22. The lowest BCUT2D eigenvalue weighted by molar-refractivity contribution is 0.669. The summed E-state index contributed by atoms with van der Waals surface area (Å²) in [7, 11) is 0. The summed E-state index contributed by atoms with van der Waals surface area (Å²) >= 11 is 0. The van der Waals surface area contributed by atoms with Crippen LogP contribution in [-0.4, -0.2) is 0 Å². The highest BCUT2D eigenvalue weighted by Gasteiger charge is 2.16. The van der Waals surface area contributed by atoms with E-state index in [1.807, 2.05) is 103 Å². The van der Waals surface area contributed by atoms with Crippen molar-refractivity contribution in [3.63, 3.8) is 0 Å². The first-order chi connectivity index (χ1) is 28.5. The summed E-state index contributed by atoms with van der Waals surface area (Å²) in [6.45, 7) is 0. The van der Waals surface area contributed by atoms with E-state index in [-0.39, 0.29) is 39.3 Å². The molecule has 0 radical (unpaired) electrons. The highest BCUT2D eigenvalue weighted by atomic mass is 16.3. The molecule has 2 heteroatoms. The van der Waals surface area contributed by atoms with Gasteiger partial charge in [-0.25, -0.2) is 0 Å². The molecule has 0 saturated heterocycles. The first-order valence-corrected chi connectivity index (χ1v) is 16.4. The summed E-state index contributed by atoms with van der Waals surface area (Å²) in [6.07, 6.45) is 0. The number of nitrogens with zero attached hydrogens (tertiary/aromatic N) is 1. The van der Waals surface area contributed by atoms with Gasteiger partial charge in [-0.05, 0) is 109 Å². The predicted octanol–water partition coefficient (Wildman–Crippen LogP) is 13.8. The smallest absolute Gasteiger partial charge is 0.135 e. The van der Waals surface area contributed by atoms with E-state index in [1.165, 1.54) is 0 Å². The monoisotopic (exact) mass is 646 g/mol. The lowest BCUT2D eigenvalue weighted by Crippen LogP contribution is -2.10. The predicted molar refractivity (Wildman–Crippen MR) is 212 cm³/mol. The third kappa shape index (κ3) is 4.73. The van der Waals surface area contributed by atoms with E-state index >= 15 is 0 Å². The van der Waals surface area contributed by atoms with E-state index < -0.39 is 42.3 Å². The summed E-state index contributed by atoms with van der Waals surface area (Å²) in [6, 6.07) is 39.4. The minimum absolute atomic E-state index is 0.0121. The second kappa shape index (κ2) is 11.5. The molecular weight excluding hydrogens is 607 g/mol. The Morgan fingerprint density at radius 2 is 1.12 bits per heavy atom. The largest absolute Gasteiger partial charge is 0.456 e. The normalized spacial score (nSPS) is 14.1. The number of hydrogen-bond acceptors (Lipinski definition) is 2. The van der Waals surface area contributed by atoms with E-state index in [1.54, 1.807) is 4.90 Å². The Labute approximate surface area is 302 Å². The summed E-state index contributed by atoms with van der Waals surface area (Å²) in [5.41, 5.74) is 6.40. The number of anilines is 3. The van der Waals surface area contributed by atoms with Gasteiger partial charge in [0.1, 0.15) is 11.2 Å². The Morgan fingerprint density at radius 1 is 0.400 bits per heavy atom. The van der Waals surface area contributed by atoms with Crippen LogP contribution in [0.3, 0.4) is 0 Å². The van der Waals surface area contributed by atoms with E-state index in [9.17, 15) is 4.11 Å². The number of benzene rings is 9. The van der Waals surface area contributed by atoms with Crippen molar-refractivity contribution < 1.29 is 16.8 Å². The molecule has 10 rings (SSSR count). The van der Waals surface area contributed by atoms with Crippen molar-refractivity contribution >= 4 is 71.3 Å². The van der Waals surface area contributed by atoms with Gasteiger partial charge in [0.15, 0.2) is 0 Å². The summed E-state index contributed by atoms with van der Waals surface area (Å²) in [5.74, 6) is 0.